The normalized spacial score (nSPS) is 18.7. The number of aromatic nitrogens is 2. The predicted molar refractivity (Wildman–Crippen MR) is 61.2 cm³/mol. The van der Waals surface area contributed by atoms with Crippen LogP contribution in [0.2, 0.25) is 0 Å². The highest BCUT2D eigenvalue weighted by Crippen LogP contribution is 2.12. The molecule has 0 atom stereocenters. The number of hydrogen-bond acceptors (Lipinski definition) is 4. The highest BCUT2D eigenvalue weighted by atomic mass is 32.1. The molecular formula is C10H14N4S. The van der Waals surface area contributed by atoms with Crippen molar-refractivity contribution in [3.63, 3.8) is 0 Å². The van der Waals surface area contributed by atoms with Crippen LogP contribution in [0.15, 0.2) is 17.8 Å². The van der Waals surface area contributed by atoms with E-state index >= 15 is 0 Å². The van der Waals surface area contributed by atoms with Crippen molar-refractivity contribution in [2.45, 2.75) is 6.54 Å². The second kappa shape index (κ2) is 3.92. The average Bonchev–Trinajstić information content (AvgIpc) is 2.79. The van der Waals surface area contributed by atoms with Gasteiger partial charge >= 0.3 is 0 Å². The van der Waals surface area contributed by atoms with Crippen LogP contribution >= 0.6 is 11.3 Å². The van der Waals surface area contributed by atoms with Crippen molar-refractivity contribution in [1.29, 1.82) is 0 Å². The van der Waals surface area contributed by atoms with Gasteiger partial charge in [0.25, 0.3) is 0 Å². The molecule has 5 heteroatoms. The third-order valence-electron chi connectivity index (χ3n) is 2.74. The van der Waals surface area contributed by atoms with E-state index in [1.165, 1.54) is 5.69 Å². The molecule has 0 radical (unpaired) electrons. The topological polar surface area (TPSA) is 32.6 Å². The predicted octanol–water partition coefficient (Wildman–Crippen LogP) is 0.801. The summed E-state index contributed by atoms with van der Waals surface area (Å²) in [5.41, 5.74) is 1.18. The fourth-order valence-electron chi connectivity index (χ4n) is 1.95. The molecule has 1 fully saturated rings. The van der Waals surface area contributed by atoms with Crippen LogP contribution in [0.1, 0.15) is 5.69 Å². The van der Waals surface area contributed by atoms with Crippen molar-refractivity contribution in [2.24, 2.45) is 0 Å². The van der Waals surface area contributed by atoms with Gasteiger partial charge in [-0.3, -0.25) is 9.30 Å². The Balaban J connectivity index is 1.74. The molecule has 1 aliphatic heterocycles. The van der Waals surface area contributed by atoms with Crippen LogP contribution in [0, 0.1) is 0 Å². The van der Waals surface area contributed by atoms with Gasteiger partial charge in [-0.1, -0.05) is 0 Å². The molecule has 1 aliphatic rings. The molecule has 1 N–H and O–H groups in total. The zero-order valence-corrected chi connectivity index (χ0v) is 9.33. The Morgan fingerprint density at radius 2 is 2.27 bits per heavy atom. The lowest BCUT2D eigenvalue weighted by Crippen LogP contribution is -2.42. The van der Waals surface area contributed by atoms with Gasteiger partial charge in [0.05, 0.1) is 5.69 Å². The number of piperazine rings is 1. The van der Waals surface area contributed by atoms with E-state index < -0.39 is 0 Å². The van der Waals surface area contributed by atoms with E-state index in [0.29, 0.717) is 0 Å². The molecule has 0 spiro atoms. The average molecular weight is 222 g/mol. The summed E-state index contributed by atoms with van der Waals surface area (Å²) in [4.78, 5) is 8.13. The first-order chi connectivity index (χ1) is 7.42. The van der Waals surface area contributed by atoms with Gasteiger partial charge in [0.15, 0.2) is 4.96 Å². The lowest BCUT2D eigenvalue weighted by molar-refractivity contribution is 0.231. The molecule has 80 valence electrons. The summed E-state index contributed by atoms with van der Waals surface area (Å²) in [5.74, 6) is 0. The minimum atomic E-state index is 0.982. The van der Waals surface area contributed by atoms with Crippen LogP contribution < -0.4 is 5.32 Å². The maximum Gasteiger partial charge on any atom is 0.193 e. The molecule has 2 aromatic rings. The molecular weight excluding hydrogens is 208 g/mol. The maximum atomic E-state index is 4.59. The van der Waals surface area contributed by atoms with Gasteiger partial charge in [-0.25, -0.2) is 4.98 Å². The number of hydrogen-bond donors (Lipinski definition) is 1. The van der Waals surface area contributed by atoms with Gasteiger partial charge in [-0.15, -0.1) is 11.3 Å². The second-order valence-electron chi connectivity index (χ2n) is 3.85. The fraction of sp³-hybridized carbons (Fsp3) is 0.500. The third-order valence-corrected chi connectivity index (χ3v) is 3.51. The minimum absolute atomic E-state index is 0.982. The van der Waals surface area contributed by atoms with Gasteiger partial charge in [-0.05, 0) is 0 Å². The molecule has 0 unspecified atom stereocenters. The Morgan fingerprint density at radius 3 is 3.07 bits per heavy atom. The van der Waals surface area contributed by atoms with Crippen LogP contribution in [0.4, 0.5) is 0 Å². The Kier molecular flexibility index (Phi) is 2.44. The number of fused-ring (bicyclic) bond motifs is 1. The summed E-state index contributed by atoms with van der Waals surface area (Å²) < 4.78 is 2.10. The minimum Gasteiger partial charge on any atom is -0.314 e. The van der Waals surface area contributed by atoms with Gasteiger partial charge in [-0.2, -0.15) is 0 Å². The zero-order valence-electron chi connectivity index (χ0n) is 8.52. The lowest BCUT2D eigenvalue weighted by Gasteiger charge is -2.26. The molecule has 1 saturated heterocycles. The molecule has 3 heterocycles. The van der Waals surface area contributed by atoms with Crippen LogP contribution in [0.25, 0.3) is 4.96 Å². The number of nitrogens with one attached hydrogen (secondary N) is 1. The molecule has 0 saturated carbocycles. The van der Waals surface area contributed by atoms with Crippen molar-refractivity contribution in [2.75, 3.05) is 26.2 Å². The molecule has 0 aliphatic carbocycles. The monoisotopic (exact) mass is 222 g/mol. The van der Waals surface area contributed by atoms with E-state index in [4.69, 9.17) is 0 Å². The highest BCUT2D eigenvalue weighted by Gasteiger charge is 2.11. The van der Waals surface area contributed by atoms with Crippen molar-refractivity contribution < 1.29 is 0 Å². The number of nitrogens with zero attached hydrogens (tertiary/aromatic N) is 3. The Bertz CT molecular complexity index is 412. The van der Waals surface area contributed by atoms with E-state index in [-0.39, 0.29) is 0 Å². The Hall–Kier alpha value is -0.910. The van der Waals surface area contributed by atoms with E-state index in [1.54, 1.807) is 11.3 Å². The quantitative estimate of drug-likeness (QED) is 0.816. The van der Waals surface area contributed by atoms with E-state index in [9.17, 15) is 0 Å². The first-order valence-electron chi connectivity index (χ1n) is 5.26. The summed E-state index contributed by atoms with van der Waals surface area (Å²) in [6.45, 7) is 5.44. The van der Waals surface area contributed by atoms with Crippen LogP contribution in [-0.2, 0) is 6.54 Å². The summed E-state index contributed by atoms with van der Waals surface area (Å²) >= 11 is 1.69. The van der Waals surface area contributed by atoms with Crippen molar-refractivity contribution >= 4 is 16.3 Å². The molecule has 0 bridgehead atoms. The van der Waals surface area contributed by atoms with Crippen molar-refractivity contribution in [3.05, 3.63) is 23.5 Å². The number of rotatable bonds is 2. The molecule has 3 rings (SSSR count). The third kappa shape index (κ3) is 1.90. The second-order valence-corrected chi connectivity index (χ2v) is 4.72. The van der Waals surface area contributed by atoms with Gasteiger partial charge in [0.1, 0.15) is 0 Å². The lowest BCUT2D eigenvalue weighted by atomic mass is 10.3. The molecule has 0 aromatic carbocycles. The first kappa shape index (κ1) is 9.33. The number of imidazole rings is 1. The summed E-state index contributed by atoms with van der Waals surface area (Å²) in [6.07, 6.45) is 4.20. The molecule has 0 amide bonds. The van der Waals surface area contributed by atoms with Crippen molar-refractivity contribution in [1.82, 2.24) is 19.6 Å². The Labute approximate surface area is 92.5 Å². The molecule has 4 nitrogen and oxygen atoms in total. The fourth-order valence-corrected chi connectivity index (χ4v) is 2.67. The van der Waals surface area contributed by atoms with E-state index in [1.807, 2.05) is 0 Å². The Morgan fingerprint density at radius 1 is 1.40 bits per heavy atom. The molecule has 2 aromatic heterocycles. The van der Waals surface area contributed by atoms with Gasteiger partial charge in [0, 0.05) is 50.5 Å². The summed E-state index contributed by atoms with van der Waals surface area (Å²) in [6, 6.07) is 0. The number of thiazole rings is 1. The van der Waals surface area contributed by atoms with Gasteiger partial charge in [0.2, 0.25) is 0 Å². The largest absolute Gasteiger partial charge is 0.314 e. The maximum absolute atomic E-state index is 4.59. The SMILES string of the molecule is c1cn2cc(CN3CCNCC3)nc2s1. The smallest absolute Gasteiger partial charge is 0.193 e. The van der Waals surface area contributed by atoms with E-state index in [0.717, 1.165) is 37.7 Å². The standard InChI is InChI=1S/C10H14N4S/c1-3-13(4-2-11-1)7-9-8-14-5-6-15-10(14)12-9/h5-6,8,11H,1-4,7H2. The van der Waals surface area contributed by atoms with Gasteiger partial charge < -0.3 is 5.32 Å². The first-order valence-corrected chi connectivity index (χ1v) is 6.14. The van der Waals surface area contributed by atoms with Crippen molar-refractivity contribution in [3.8, 4) is 0 Å². The van der Waals surface area contributed by atoms with Crippen LogP contribution in [-0.4, -0.2) is 40.5 Å². The van der Waals surface area contributed by atoms with E-state index in [2.05, 4.69) is 37.4 Å². The van der Waals surface area contributed by atoms with Crippen LogP contribution in [0.5, 0.6) is 0 Å². The summed E-state index contributed by atoms with van der Waals surface area (Å²) in [5, 5.41) is 5.42. The van der Waals surface area contributed by atoms with Crippen LogP contribution in [0.3, 0.4) is 0 Å². The zero-order chi connectivity index (χ0) is 10.1. The highest BCUT2D eigenvalue weighted by molar-refractivity contribution is 7.15. The molecule has 15 heavy (non-hydrogen) atoms. The summed E-state index contributed by atoms with van der Waals surface area (Å²) in [7, 11) is 0.